The molecule has 2 N–H and O–H groups in total. The minimum Gasteiger partial charge on any atom is -0.338 e. The quantitative estimate of drug-likeness (QED) is 0.909. The smallest absolute Gasteiger partial charge is 0.237 e. The summed E-state index contributed by atoms with van der Waals surface area (Å²) in [6, 6.07) is 19.3. The van der Waals surface area contributed by atoms with E-state index in [0.717, 1.165) is 32.4 Å². The van der Waals surface area contributed by atoms with Crippen LogP contribution in [0.25, 0.3) is 0 Å². The number of rotatable bonds is 4. The van der Waals surface area contributed by atoms with Gasteiger partial charge < -0.3 is 10.6 Å². The van der Waals surface area contributed by atoms with Gasteiger partial charge in [0.05, 0.1) is 12.6 Å². The molecule has 1 aliphatic carbocycles. The molecule has 1 amide bonds. The number of carbonyl (C=O) groups excluding carboxylic acids is 1. The minimum absolute atomic E-state index is 0.0842. The van der Waals surface area contributed by atoms with Gasteiger partial charge in [0.2, 0.25) is 5.91 Å². The van der Waals surface area contributed by atoms with Gasteiger partial charge in [0.15, 0.2) is 0 Å². The van der Waals surface area contributed by atoms with Crippen LogP contribution in [0.2, 0.25) is 0 Å². The summed E-state index contributed by atoms with van der Waals surface area (Å²) in [7, 11) is 1.96. The minimum atomic E-state index is 0.0842. The Morgan fingerprint density at radius 2 is 1.85 bits per heavy atom. The number of likely N-dealkylation sites (tertiary alicyclic amines) is 1. The number of nitrogens with two attached hydrogens (primary N) is 1. The number of fused-ring (bicyclic) bond motifs is 1. The molecule has 1 aliphatic heterocycles. The predicted octanol–water partition coefficient (Wildman–Crippen LogP) is 2.95. The van der Waals surface area contributed by atoms with Crippen LogP contribution in [0.15, 0.2) is 54.6 Å². The van der Waals surface area contributed by atoms with Gasteiger partial charge in [0, 0.05) is 32.1 Å². The third kappa shape index (κ3) is 3.78. The number of aryl methyl sites for hydroxylation is 1. The number of likely N-dealkylation sites (N-methyl/N-ethyl adjacent to an activating group) is 1. The lowest BCUT2D eigenvalue weighted by molar-refractivity contribution is -0.133. The maximum Gasteiger partial charge on any atom is 0.237 e. The van der Waals surface area contributed by atoms with E-state index >= 15 is 0 Å². The second-order valence-corrected chi connectivity index (χ2v) is 7.99. The standard InChI is InChI=1S/C23H29N3O/c1-25(22-13-7-11-17-10-5-6-12-19(17)22)23(27)16-26-14-20(21(24)15-26)18-8-3-2-4-9-18/h2-6,8-10,12,20-22H,7,11,13-16,24H2,1H3/t20-,21+,22?/m0/s1. The monoisotopic (exact) mass is 363 g/mol. The van der Waals surface area contributed by atoms with Crippen molar-refractivity contribution in [3.8, 4) is 0 Å². The molecular formula is C23H29N3O. The molecule has 4 heteroatoms. The Kier molecular flexibility index (Phi) is 5.28. The average molecular weight is 364 g/mol. The predicted molar refractivity (Wildman–Crippen MR) is 108 cm³/mol. The Labute approximate surface area is 162 Å². The fourth-order valence-electron chi connectivity index (χ4n) is 4.70. The van der Waals surface area contributed by atoms with Crippen molar-refractivity contribution in [2.45, 2.75) is 37.3 Å². The molecule has 27 heavy (non-hydrogen) atoms. The van der Waals surface area contributed by atoms with Crippen LogP contribution in [0.5, 0.6) is 0 Å². The van der Waals surface area contributed by atoms with E-state index in [1.54, 1.807) is 0 Å². The van der Waals surface area contributed by atoms with Gasteiger partial charge in [-0.1, -0.05) is 54.6 Å². The summed E-state index contributed by atoms with van der Waals surface area (Å²) in [5.74, 6) is 0.498. The molecule has 1 fully saturated rings. The second-order valence-electron chi connectivity index (χ2n) is 7.99. The van der Waals surface area contributed by atoms with Crippen molar-refractivity contribution in [2.24, 2.45) is 5.73 Å². The van der Waals surface area contributed by atoms with Crippen LogP contribution in [0.1, 0.15) is 41.5 Å². The zero-order valence-electron chi connectivity index (χ0n) is 16.1. The van der Waals surface area contributed by atoms with Gasteiger partial charge in [-0.3, -0.25) is 9.69 Å². The molecule has 2 aliphatic rings. The van der Waals surface area contributed by atoms with Crippen molar-refractivity contribution in [3.05, 3.63) is 71.3 Å². The van der Waals surface area contributed by atoms with Crippen molar-refractivity contribution < 1.29 is 4.79 Å². The van der Waals surface area contributed by atoms with Crippen LogP contribution in [0.4, 0.5) is 0 Å². The lowest BCUT2D eigenvalue weighted by Crippen LogP contribution is -2.41. The number of amides is 1. The highest BCUT2D eigenvalue weighted by Crippen LogP contribution is 2.34. The Hall–Kier alpha value is -2.17. The third-order valence-electron chi connectivity index (χ3n) is 6.23. The molecule has 0 aromatic heterocycles. The van der Waals surface area contributed by atoms with Crippen molar-refractivity contribution in [2.75, 3.05) is 26.7 Å². The van der Waals surface area contributed by atoms with Crippen LogP contribution in [0, 0.1) is 0 Å². The molecule has 1 unspecified atom stereocenters. The van der Waals surface area contributed by atoms with Gasteiger partial charge >= 0.3 is 0 Å². The van der Waals surface area contributed by atoms with E-state index < -0.39 is 0 Å². The SMILES string of the molecule is CN(C(=O)CN1C[C@@H](N)[C@H](c2ccccc2)C1)C1CCCc2ccccc21. The molecule has 3 atom stereocenters. The van der Waals surface area contributed by atoms with Crippen molar-refractivity contribution in [1.29, 1.82) is 0 Å². The highest BCUT2D eigenvalue weighted by Gasteiger charge is 2.34. The zero-order chi connectivity index (χ0) is 18.8. The van der Waals surface area contributed by atoms with Gasteiger partial charge in [0.1, 0.15) is 0 Å². The molecule has 0 bridgehead atoms. The number of hydrogen-bond donors (Lipinski definition) is 1. The van der Waals surface area contributed by atoms with Crippen LogP contribution < -0.4 is 5.73 Å². The first-order valence-corrected chi connectivity index (χ1v) is 10.00. The number of nitrogens with zero attached hydrogens (tertiary/aromatic N) is 2. The van der Waals surface area contributed by atoms with E-state index in [9.17, 15) is 4.79 Å². The summed E-state index contributed by atoms with van der Waals surface area (Å²) in [5, 5.41) is 0. The Morgan fingerprint density at radius 3 is 2.67 bits per heavy atom. The van der Waals surface area contributed by atoms with E-state index in [-0.39, 0.29) is 18.0 Å². The topological polar surface area (TPSA) is 49.6 Å². The average Bonchev–Trinajstić information content (AvgIpc) is 3.07. The van der Waals surface area contributed by atoms with Gasteiger partial charge in [-0.25, -0.2) is 0 Å². The molecule has 1 heterocycles. The highest BCUT2D eigenvalue weighted by atomic mass is 16.2. The Morgan fingerprint density at radius 1 is 1.11 bits per heavy atom. The normalized spacial score (nSPS) is 25.2. The molecule has 1 saturated heterocycles. The second kappa shape index (κ2) is 7.83. The summed E-state index contributed by atoms with van der Waals surface area (Å²) in [5.41, 5.74) is 10.4. The van der Waals surface area contributed by atoms with Crippen LogP contribution in [-0.2, 0) is 11.2 Å². The maximum atomic E-state index is 13.0. The van der Waals surface area contributed by atoms with Crippen LogP contribution in [0.3, 0.4) is 0 Å². The number of carbonyl (C=O) groups is 1. The molecule has 0 spiro atoms. The van der Waals surface area contributed by atoms with Gasteiger partial charge in [-0.05, 0) is 36.0 Å². The first-order valence-electron chi connectivity index (χ1n) is 10.00. The van der Waals surface area contributed by atoms with E-state index in [1.807, 2.05) is 18.0 Å². The zero-order valence-corrected chi connectivity index (χ0v) is 16.1. The van der Waals surface area contributed by atoms with Crippen molar-refractivity contribution in [3.63, 3.8) is 0 Å². The first kappa shape index (κ1) is 18.2. The summed E-state index contributed by atoms with van der Waals surface area (Å²) >= 11 is 0. The Bertz CT molecular complexity index is 791. The summed E-state index contributed by atoms with van der Waals surface area (Å²) in [4.78, 5) is 17.2. The maximum absolute atomic E-state index is 13.0. The largest absolute Gasteiger partial charge is 0.338 e. The molecule has 4 rings (SSSR count). The number of hydrogen-bond acceptors (Lipinski definition) is 3. The summed E-state index contributed by atoms with van der Waals surface area (Å²) in [6.45, 7) is 2.08. The summed E-state index contributed by atoms with van der Waals surface area (Å²) < 4.78 is 0. The molecule has 2 aromatic carbocycles. The lowest BCUT2D eigenvalue weighted by Gasteiger charge is -2.34. The van der Waals surface area contributed by atoms with Gasteiger partial charge in [-0.15, -0.1) is 0 Å². The number of benzene rings is 2. The van der Waals surface area contributed by atoms with Crippen molar-refractivity contribution >= 4 is 5.91 Å². The van der Waals surface area contributed by atoms with E-state index in [4.69, 9.17) is 5.73 Å². The molecule has 2 aromatic rings. The lowest BCUT2D eigenvalue weighted by atomic mass is 9.87. The molecule has 4 nitrogen and oxygen atoms in total. The van der Waals surface area contributed by atoms with E-state index in [2.05, 4.69) is 53.4 Å². The van der Waals surface area contributed by atoms with Crippen molar-refractivity contribution in [1.82, 2.24) is 9.80 Å². The Balaban J connectivity index is 1.41. The molecular weight excluding hydrogens is 334 g/mol. The summed E-state index contributed by atoms with van der Waals surface area (Å²) in [6.07, 6.45) is 3.31. The fourth-order valence-corrected chi connectivity index (χ4v) is 4.70. The first-order chi connectivity index (χ1) is 13.1. The molecule has 142 valence electrons. The van der Waals surface area contributed by atoms with Gasteiger partial charge in [0.25, 0.3) is 0 Å². The fraction of sp³-hybridized carbons (Fsp3) is 0.435. The highest BCUT2D eigenvalue weighted by molar-refractivity contribution is 5.78. The van der Waals surface area contributed by atoms with E-state index in [0.29, 0.717) is 12.5 Å². The van der Waals surface area contributed by atoms with E-state index in [1.165, 1.54) is 16.7 Å². The van der Waals surface area contributed by atoms with Gasteiger partial charge in [-0.2, -0.15) is 0 Å². The van der Waals surface area contributed by atoms with Crippen LogP contribution >= 0.6 is 0 Å². The molecule has 0 saturated carbocycles. The van der Waals surface area contributed by atoms with Crippen LogP contribution in [-0.4, -0.2) is 48.4 Å². The molecule has 0 radical (unpaired) electrons. The third-order valence-corrected chi connectivity index (χ3v) is 6.23.